The van der Waals surface area contributed by atoms with E-state index in [9.17, 15) is 18.0 Å². The molecule has 0 aromatic heterocycles. The molecule has 0 radical (unpaired) electrons. The van der Waals surface area contributed by atoms with Gasteiger partial charge in [-0.3, -0.25) is 4.79 Å². The van der Waals surface area contributed by atoms with Crippen LogP contribution in [0.5, 0.6) is 0 Å². The van der Waals surface area contributed by atoms with Crippen LogP contribution in [0.25, 0.3) is 0 Å². The Kier molecular flexibility index (Phi) is 3.92. The fraction of sp³-hybridized carbons (Fsp3) is 0.200. The van der Waals surface area contributed by atoms with E-state index in [0.29, 0.717) is 0 Å². The number of nitrogens with two attached hydrogens (primary N) is 1. The molecule has 18 heavy (non-hydrogen) atoms. The highest BCUT2D eigenvalue weighted by atomic mass is 32.2. The molecule has 0 aliphatic rings. The first-order valence-corrected chi connectivity index (χ1v) is 6.85. The molecule has 7 nitrogen and oxygen atoms in total. The van der Waals surface area contributed by atoms with E-state index in [1.807, 2.05) is 0 Å². The van der Waals surface area contributed by atoms with Crippen molar-refractivity contribution in [1.82, 2.24) is 0 Å². The first-order valence-electron chi connectivity index (χ1n) is 4.79. The van der Waals surface area contributed by atoms with Crippen molar-refractivity contribution in [3.63, 3.8) is 0 Å². The lowest BCUT2D eigenvalue weighted by Crippen LogP contribution is -2.22. The summed E-state index contributed by atoms with van der Waals surface area (Å²) in [7, 11) is -3.42. The maximum absolute atomic E-state index is 11.3. The Morgan fingerprint density at radius 3 is 2.44 bits per heavy atom. The summed E-state index contributed by atoms with van der Waals surface area (Å²) in [5, 5.41) is 11.0. The van der Waals surface area contributed by atoms with E-state index in [-0.39, 0.29) is 16.9 Å². The van der Waals surface area contributed by atoms with Crippen LogP contribution in [-0.4, -0.2) is 37.4 Å². The molecular formula is C10H12N2O5S. The standard InChI is InChI=1S/C10H12N2O5S/c1-18(16,17)5-9(13)12-8-3-2-6(10(14)15)4-7(8)11/h2-4H,5,11H2,1H3,(H,12,13)(H,14,15). The molecule has 0 saturated carbocycles. The number of carboxylic acid groups (broad SMARTS) is 1. The van der Waals surface area contributed by atoms with Crippen LogP contribution in [0.3, 0.4) is 0 Å². The predicted molar refractivity (Wildman–Crippen MR) is 66.2 cm³/mol. The van der Waals surface area contributed by atoms with Crippen molar-refractivity contribution >= 4 is 33.1 Å². The summed E-state index contributed by atoms with van der Waals surface area (Å²) in [5.41, 5.74) is 5.75. The van der Waals surface area contributed by atoms with Gasteiger partial charge >= 0.3 is 5.97 Å². The number of aromatic carboxylic acids is 1. The summed E-state index contributed by atoms with van der Waals surface area (Å²) in [6.07, 6.45) is 0.934. The second kappa shape index (κ2) is 5.05. The van der Waals surface area contributed by atoms with Gasteiger partial charge in [0.2, 0.25) is 5.91 Å². The molecule has 0 atom stereocenters. The van der Waals surface area contributed by atoms with Crippen LogP contribution < -0.4 is 11.1 Å². The normalized spacial score (nSPS) is 10.9. The number of carbonyl (C=O) groups is 2. The number of sulfone groups is 1. The van der Waals surface area contributed by atoms with Gasteiger partial charge in [-0.2, -0.15) is 0 Å². The van der Waals surface area contributed by atoms with Crippen LogP contribution >= 0.6 is 0 Å². The second-order valence-corrected chi connectivity index (χ2v) is 5.87. The van der Waals surface area contributed by atoms with Crippen LogP contribution in [-0.2, 0) is 14.6 Å². The Bertz CT molecular complexity index is 594. The van der Waals surface area contributed by atoms with Gasteiger partial charge in [0.25, 0.3) is 0 Å². The zero-order valence-corrected chi connectivity index (χ0v) is 10.3. The highest BCUT2D eigenvalue weighted by Crippen LogP contribution is 2.19. The predicted octanol–water partition coefficient (Wildman–Crippen LogP) is -0.0499. The van der Waals surface area contributed by atoms with Crippen molar-refractivity contribution in [2.75, 3.05) is 23.1 Å². The Labute approximate surface area is 104 Å². The molecule has 4 N–H and O–H groups in total. The maximum Gasteiger partial charge on any atom is 0.335 e. The Balaban J connectivity index is 2.86. The third-order valence-electron chi connectivity index (χ3n) is 1.97. The molecule has 98 valence electrons. The van der Waals surface area contributed by atoms with Crippen LogP contribution in [0, 0.1) is 0 Å². The molecule has 1 aromatic carbocycles. The maximum atomic E-state index is 11.3. The molecule has 0 heterocycles. The van der Waals surface area contributed by atoms with Gasteiger partial charge in [0.05, 0.1) is 16.9 Å². The van der Waals surface area contributed by atoms with Crippen molar-refractivity contribution in [1.29, 1.82) is 0 Å². The number of rotatable bonds is 4. The Morgan fingerprint density at radius 2 is 2.00 bits per heavy atom. The van der Waals surface area contributed by atoms with E-state index >= 15 is 0 Å². The van der Waals surface area contributed by atoms with Crippen LogP contribution in [0.15, 0.2) is 18.2 Å². The number of carbonyl (C=O) groups excluding carboxylic acids is 1. The quantitative estimate of drug-likeness (QED) is 0.659. The van der Waals surface area contributed by atoms with Gasteiger partial charge in [-0.15, -0.1) is 0 Å². The molecule has 0 unspecified atom stereocenters. The minimum Gasteiger partial charge on any atom is -0.478 e. The van der Waals surface area contributed by atoms with Crippen LogP contribution in [0.2, 0.25) is 0 Å². The molecule has 8 heteroatoms. The van der Waals surface area contributed by atoms with E-state index < -0.39 is 27.5 Å². The fourth-order valence-corrected chi connectivity index (χ4v) is 1.78. The lowest BCUT2D eigenvalue weighted by molar-refractivity contribution is -0.113. The number of nitrogens with one attached hydrogen (secondary N) is 1. The second-order valence-electron chi connectivity index (χ2n) is 3.73. The van der Waals surface area contributed by atoms with Crippen LogP contribution in [0.1, 0.15) is 10.4 Å². The molecule has 0 bridgehead atoms. The van der Waals surface area contributed by atoms with Crippen molar-refractivity contribution < 1.29 is 23.1 Å². The smallest absolute Gasteiger partial charge is 0.335 e. The van der Waals surface area contributed by atoms with Crippen LogP contribution in [0.4, 0.5) is 11.4 Å². The topological polar surface area (TPSA) is 127 Å². The number of nitrogen functional groups attached to an aromatic ring is 1. The summed E-state index contributed by atoms with van der Waals surface area (Å²) in [6, 6.07) is 3.74. The third-order valence-corrected chi connectivity index (χ3v) is 2.75. The summed E-state index contributed by atoms with van der Waals surface area (Å²) in [5.74, 6) is -2.53. The molecule has 1 aromatic rings. The van der Waals surface area contributed by atoms with E-state index in [1.165, 1.54) is 18.2 Å². The first kappa shape index (κ1) is 14.0. The van der Waals surface area contributed by atoms with Gasteiger partial charge in [-0.1, -0.05) is 0 Å². The minimum absolute atomic E-state index is 0.0198. The summed E-state index contributed by atoms with van der Waals surface area (Å²) < 4.78 is 21.8. The van der Waals surface area contributed by atoms with E-state index in [4.69, 9.17) is 10.8 Å². The third kappa shape index (κ3) is 4.06. The van der Waals surface area contributed by atoms with Crippen molar-refractivity contribution in [2.45, 2.75) is 0 Å². The molecule has 0 aliphatic carbocycles. The van der Waals surface area contributed by atoms with Gasteiger partial charge in [0, 0.05) is 6.26 Å². The number of carboxylic acids is 1. The fourth-order valence-electron chi connectivity index (χ4n) is 1.23. The first-order chi connectivity index (χ1) is 8.19. The zero-order chi connectivity index (χ0) is 13.9. The lowest BCUT2D eigenvalue weighted by Gasteiger charge is -2.08. The molecule has 0 aliphatic heterocycles. The van der Waals surface area contributed by atoms with Gasteiger partial charge in [-0.05, 0) is 18.2 Å². The molecule has 0 spiro atoms. The number of anilines is 2. The zero-order valence-electron chi connectivity index (χ0n) is 9.50. The molecular weight excluding hydrogens is 260 g/mol. The average Bonchev–Trinajstić information content (AvgIpc) is 2.17. The molecule has 1 rings (SSSR count). The summed E-state index contributed by atoms with van der Waals surface area (Å²) in [6.45, 7) is 0. The number of amides is 1. The van der Waals surface area contributed by atoms with Gasteiger partial charge < -0.3 is 16.2 Å². The molecule has 0 saturated heterocycles. The average molecular weight is 272 g/mol. The van der Waals surface area contributed by atoms with Gasteiger partial charge in [-0.25, -0.2) is 13.2 Å². The monoisotopic (exact) mass is 272 g/mol. The van der Waals surface area contributed by atoms with E-state index in [1.54, 1.807) is 0 Å². The minimum atomic E-state index is -3.42. The Hall–Kier alpha value is -2.09. The van der Waals surface area contributed by atoms with Crippen molar-refractivity contribution in [2.24, 2.45) is 0 Å². The Morgan fingerprint density at radius 1 is 1.39 bits per heavy atom. The lowest BCUT2D eigenvalue weighted by atomic mass is 10.2. The molecule has 0 fully saturated rings. The van der Waals surface area contributed by atoms with E-state index in [0.717, 1.165) is 6.26 Å². The SMILES string of the molecule is CS(=O)(=O)CC(=O)Nc1ccc(C(=O)O)cc1N. The summed E-state index contributed by atoms with van der Waals surface area (Å²) in [4.78, 5) is 22.0. The highest BCUT2D eigenvalue weighted by molar-refractivity contribution is 7.91. The highest BCUT2D eigenvalue weighted by Gasteiger charge is 2.13. The van der Waals surface area contributed by atoms with Crippen molar-refractivity contribution in [3.05, 3.63) is 23.8 Å². The van der Waals surface area contributed by atoms with Gasteiger partial charge in [0.15, 0.2) is 9.84 Å². The van der Waals surface area contributed by atoms with Crippen molar-refractivity contribution in [3.8, 4) is 0 Å². The number of hydrogen-bond acceptors (Lipinski definition) is 5. The number of hydrogen-bond donors (Lipinski definition) is 3. The molecule has 1 amide bonds. The van der Waals surface area contributed by atoms with E-state index in [2.05, 4.69) is 5.32 Å². The number of benzene rings is 1. The summed E-state index contributed by atoms with van der Waals surface area (Å²) >= 11 is 0. The van der Waals surface area contributed by atoms with Gasteiger partial charge in [0.1, 0.15) is 5.75 Å². The largest absolute Gasteiger partial charge is 0.478 e.